The highest BCUT2D eigenvalue weighted by Gasteiger charge is 2.51. The molecule has 5 rings (SSSR count). The van der Waals surface area contributed by atoms with Crippen LogP contribution in [0, 0.1) is 5.82 Å². The van der Waals surface area contributed by atoms with Crippen molar-refractivity contribution in [3.63, 3.8) is 0 Å². The van der Waals surface area contributed by atoms with Gasteiger partial charge in [0.15, 0.2) is 0 Å². The maximum Gasteiger partial charge on any atom is 0.266 e. The zero-order valence-electron chi connectivity index (χ0n) is 17.0. The molecule has 0 unspecified atom stereocenters. The summed E-state index contributed by atoms with van der Waals surface area (Å²) < 4.78 is 14.1. The van der Waals surface area contributed by atoms with Crippen molar-refractivity contribution >= 4 is 40.5 Å². The van der Waals surface area contributed by atoms with Crippen molar-refractivity contribution in [2.24, 2.45) is 5.10 Å². The Morgan fingerprint density at radius 3 is 2.74 bits per heavy atom. The van der Waals surface area contributed by atoms with E-state index in [2.05, 4.69) is 10.1 Å². The van der Waals surface area contributed by atoms with Gasteiger partial charge in [0, 0.05) is 28.6 Å². The van der Waals surface area contributed by atoms with Crippen molar-refractivity contribution in [1.29, 1.82) is 0 Å². The minimum Gasteiger partial charge on any atom is -0.356 e. The Hall–Kier alpha value is -3.19. The van der Waals surface area contributed by atoms with Crippen molar-refractivity contribution in [1.82, 2.24) is 14.9 Å². The zero-order valence-corrected chi connectivity index (χ0v) is 17.8. The average Bonchev–Trinajstić information content (AvgIpc) is 3.10. The summed E-state index contributed by atoms with van der Waals surface area (Å²) in [6.07, 6.45) is 1.59. The van der Waals surface area contributed by atoms with Gasteiger partial charge in [0.1, 0.15) is 18.4 Å². The normalized spacial score (nSPS) is 20.5. The summed E-state index contributed by atoms with van der Waals surface area (Å²) in [5, 5.41) is 6.47. The Morgan fingerprint density at radius 2 is 1.97 bits per heavy atom. The number of aromatic nitrogens is 1. The molecule has 1 N–H and O–H groups in total. The van der Waals surface area contributed by atoms with Crippen LogP contribution in [-0.4, -0.2) is 45.5 Å². The number of rotatable bonds is 2. The van der Waals surface area contributed by atoms with E-state index in [1.54, 1.807) is 11.0 Å². The number of piperazine rings is 1. The second kappa shape index (κ2) is 6.92. The van der Waals surface area contributed by atoms with Crippen molar-refractivity contribution in [3.05, 3.63) is 70.1 Å². The molecule has 0 radical (unpaired) electrons. The highest BCUT2D eigenvalue weighted by Crippen LogP contribution is 2.42. The van der Waals surface area contributed by atoms with Crippen LogP contribution in [0.5, 0.6) is 0 Å². The number of benzene rings is 2. The van der Waals surface area contributed by atoms with Gasteiger partial charge in [-0.25, -0.2) is 9.40 Å². The molecule has 2 amide bonds. The van der Waals surface area contributed by atoms with Crippen LogP contribution in [0.4, 0.5) is 4.39 Å². The van der Waals surface area contributed by atoms with Gasteiger partial charge in [0.25, 0.3) is 5.91 Å². The van der Waals surface area contributed by atoms with E-state index >= 15 is 0 Å². The standard InChI is InChI=1S/C23H20ClFN4O2/c1-23(2)21-14(13-6-3-4-9-18(13)27-21)10-19-22(31)28(12-20(30)29(19)23)26-11-15-16(24)7-5-8-17(15)25/h3-9,11,19,27H,10,12H2,1-2H3/b26-11-/t19-/m0/s1. The van der Waals surface area contributed by atoms with Crippen LogP contribution in [0.1, 0.15) is 30.7 Å². The number of fused-ring (bicyclic) bond motifs is 4. The van der Waals surface area contributed by atoms with Gasteiger partial charge in [-0.1, -0.05) is 35.9 Å². The first-order valence-electron chi connectivity index (χ1n) is 10.0. The molecule has 0 aliphatic carbocycles. The van der Waals surface area contributed by atoms with Crippen LogP contribution in [0.3, 0.4) is 0 Å². The summed E-state index contributed by atoms with van der Waals surface area (Å²) >= 11 is 6.05. The lowest BCUT2D eigenvalue weighted by Crippen LogP contribution is -2.66. The van der Waals surface area contributed by atoms with Gasteiger partial charge in [-0.2, -0.15) is 5.10 Å². The number of hydrogen-bond donors (Lipinski definition) is 1. The molecule has 1 saturated heterocycles. The number of carbonyl (C=O) groups excluding carboxylic acids is 2. The molecule has 0 spiro atoms. The number of aromatic amines is 1. The van der Waals surface area contributed by atoms with Gasteiger partial charge in [-0.3, -0.25) is 9.59 Å². The summed E-state index contributed by atoms with van der Waals surface area (Å²) in [6.45, 7) is 3.67. The van der Waals surface area contributed by atoms with E-state index in [4.69, 9.17) is 11.6 Å². The molecule has 2 aliphatic heterocycles. The molecule has 0 bridgehead atoms. The van der Waals surface area contributed by atoms with E-state index in [0.29, 0.717) is 6.42 Å². The van der Waals surface area contributed by atoms with Crippen LogP contribution in [0.2, 0.25) is 5.02 Å². The maximum atomic E-state index is 14.1. The summed E-state index contributed by atoms with van der Waals surface area (Å²) in [5.74, 6) is -1.06. The topological polar surface area (TPSA) is 68.8 Å². The number of hydrazone groups is 1. The first-order valence-corrected chi connectivity index (χ1v) is 10.4. The highest BCUT2D eigenvalue weighted by molar-refractivity contribution is 6.33. The molecule has 3 heterocycles. The number of H-pyrrole nitrogens is 1. The molecule has 3 aromatic rings. The van der Waals surface area contributed by atoms with E-state index in [0.717, 1.165) is 27.2 Å². The molecule has 1 aromatic heterocycles. The fraction of sp³-hybridized carbons (Fsp3) is 0.261. The summed E-state index contributed by atoms with van der Waals surface area (Å²) in [7, 11) is 0. The monoisotopic (exact) mass is 438 g/mol. The molecular weight excluding hydrogens is 419 g/mol. The first kappa shape index (κ1) is 19.8. The molecular formula is C23H20ClFN4O2. The van der Waals surface area contributed by atoms with Crippen molar-refractivity contribution in [2.75, 3.05) is 6.54 Å². The Bertz CT molecular complexity index is 1250. The number of nitrogens with zero attached hydrogens (tertiary/aromatic N) is 3. The molecule has 2 aromatic carbocycles. The predicted octanol–water partition coefficient (Wildman–Crippen LogP) is 3.83. The lowest BCUT2D eigenvalue weighted by Gasteiger charge is -2.50. The fourth-order valence-corrected chi connectivity index (χ4v) is 4.94. The molecule has 8 heteroatoms. The van der Waals surface area contributed by atoms with Crippen LogP contribution in [0.25, 0.3) is 10.9 Å². The van der Waals surface area contributed by atoms with Gasteiger partial charge >= 0.3 is 0 Å². The van der Waals surface area contributed by atoms with E-state index < -0.39 is 17.4 Å². The minimum atomic E-state index is -0.686. The number of halogens is 2. The molecule has 1 fully saturated rings. The lowest BCUT2D eigenvalue weighted by atomic mass is 9.82. The summed E-state index contributed by atoms with van der Waals surface area (Å²) in [6, 6.07) is 11.5. The Kier molecular flexibility index (Phi) is 4.41. The molecule has 158 valence electrons. The molecule has 6 nitrogen and oxygen atoms in total. The highest BCUT2D eigenvalue weighted by atomic mass is 35.5. The number of carbonyl (C=O) groups is 2. The number of amides is 2. The van der Waals surface area contributed by atoms with Gasteiger partial charge in [0.2, 0.25) is 5.91 Å². The minimum absolute atomic E-state index is 0.0785. The third-order valence-electron chi connectivity index (χ3n) is 6.16. The van der Waals surface area contributed by atoms with Gasteiger partial charge in [-0.05, 0) is 37.6 Å². The van der Waals surface area contributed by atoms with E-state index in [-0.39, 0.29) is 28.9 Å². The van der Waals surface area contributed by atoms with Gasteiger partial charge in [0.05, 0.1) is 16.8 Å². The Labute approximate surface area is 183 Å². The third-order valence-corrected chi connectivity index (χ3v) is 6.49. The lowest BCUT2D eigenvalue weighted by molar-refractivity contribution is -0.163. The largest absolute Gasteiger partial charge is 0.356 e. The average molecular weight is 439 g/mol. The van der Waals surface area contributed by atoms with Crippen LogP contribution in [0.15, 0.2) is 47.6 Å². The number of nitrogens with one attached hydrogen (secondary N) is 1. The van der Waals surface area contributed by atoms with Crippen molar-refractivity contribution in [2.45, 2.75) is 31.8 Å². The quantitative estimate of drug-likeness (QED) is 0.618. The zero-order chi connectivity index (χ0) is 21.9. The molecule has 1 atom stereocenters. The number of para-hydroxylation sites is 1. The van der Waals surface area contributed by atoms with Crippen LogP contribution in [-0.2, 0) is 21.5 Å². The van der Waals surface area contributed by atoms with Gasteiger partial charge < -0.3 is 9.88 Å². The Morgan fingerprint density at radius 1 is 1.19 bits per heavy atom. The van der Waals surface area contributed by atoms with Crippen LogP contribution >= 0.6 is 11.6 Å². The number of hydrogen-bond acceptors (Lipinski definition) is 3. The second-order valence-corrected chi connectivity index (χ2v) is 8.75. The predicted molar refractivity (Wildman–Crippen MR) is 116 cm³/mol. The summed E-state index contributed by atoms with van der Waals surface area (Å²) in [4.78, 5) is 31.5. The van der Waals surface area contributed by atoms with Gasteiger partial charge in [-0.15, -0.1) is 0 Å². The molecule has 0 saturated carbocycles. The molecule has 31 heavy (non-hydrogen) atoms. The fourth-order valence-electron chi connectivity index (χ4n) is 4.73. The Balaban J connectivity index is 1.53. The van der Waals surface area contributed by atoms with E-state index in [1.807, 2.05) is 38.1 Å². The first-order chi connectivity index (χ1) is 14.8. The molecule has 2 aliphatic rings. The van der Waals surface area contributed by atoms with Crippen LogP contribution < -0.4 is 0 Å². The smallest absolute Gasteiger partial charge is 0.266 e. The summed E-state index contributed by atoms with van der Waals surface area (Å²) in [5.41, 5.74) is 2.35. The van der Waals surface area contributed by atoms with E-state index in [1.165, 1.54) is 18.3 Å². The SMILES string of the molecule is CC1(C)c2[nH]c3ccccc3c2C[C@H]2C(=O)N(/N=C\c3c(F)cccc3Cl)CC(=O)N21. The maximum absolute atomic E-state index is 14.1. The van der Waals surface area contributed by atoms with Crippen molar-refractivity contribution in [3.8, 4) is 0 Å². The van der Waals surface area contributed by atoms with E-state index in [9.17, 15) is 14.0 Å². The van der Waals surface area contributed by atoms with Crippen molar-refractivity contribution < 1.29 is 14.0 Å². The second-order valence-electron chi connectivity index (χ2n) is 8.34. The third kappa shape index (κ3) is 2.95.